The molecule has 5 heteroatoms. The standard InChI is InChI=1S/C68H43FN2OS/c69-60-41-48(44-19-5-1-6-20-44)40-58(46-23-9-3-10-24-46)67(60)70(49-25-11-4-12-26-49)51-37-38-54-59-39-47-35-36-50(42-57(47)55-29-18-34-64(66(55)59)73-65(54)43-51)71(61-31-15-13-27-52(61)45-21-7-2-8-22-45)62-32-17-30-56-53-28-14-16-33-63(53)72-68(56)62/h1-43H/i39D. The van der Waals surface area contributed by atoms with Gasteiger partial charge >= 0.3 is 0 Å². The second-order valence-electron chi connectivity index (χ2n) is 18.4. The normalized spacial score (nSPS) is 12.0. The summed E-state index contributed by atoms with van der Waals surface area (Å²) >= 11 is 1.70. The van der Waals surface area contributed by atoms with Gasteiger partial charge in [0.1, 0.15) is 11.4 Å². The molecule has 0 amide bonds. The Hall–Kier alpha value is -9.16. The van der Waals surface area contributed by atoms with Crippen molar-refractivity contribution in [3.05, 3.63) is 267 Å². The van der Waals surface area contributed by atoms with E-state index in [0.29, 0.717) is 11.7 Å². The molecule has 13 aromatic rings. The first-order chi connectivity index (χ1) is 36.6. The maximum Gasteiger partial charge on any atom is 0.159 e. The molecule has 3 nitrogen and oxygen atoms in total. The lowest BCUT2D eigenvalue weighted by Gasteiger charge is -2.30. The van der Waals surface area contributed by atoms with Crippen LogP contribution in [0, 0.1) is 5.82 Å². The molecule has 0 bridgehead atoms. The van der Waals surface area contributed by atoms with Gasteiger partial charge in [-0.25, -0.2) is 4.39 Å². The van der Waals surface area contributed by atoms with Crippen molar-refractivity contribution in [1.29, 1.82) is 0 Å². The number of furan rings is 1. The predicted molar refractivity (Wildman–Crippen MR) is 304 cm³/mol. The summed E-state index contributed by atoms with van der Waals surface area (Å²) in [7, 11) is 0. The van der Waals surface area contributed by atoms with Gasteiger partial charge in [0.2, 0.25) is 0 Å². The van der Waals surface area contributed by atoms with Crippen LogP contribution in [-0.2, 0) is 0 Å². The van der Waals surface area contributed by atoms with Crippen LogP contribution < -0.4 is 9.80 Å². The summed E-state index contributed by atoms with van der Waals surface area (Å²) in [6, 6.07) is 87.4. The molecule has 2 heterocycles. The molecule has 0 aliphatic carbocycles. The van der Waals surface area contributed by atoms with Crippen LogP contribution in [0.1, 0.15) is 1.37 Å². The molecule has 14 rings (SSSR count). The van der Waals surface area contributed by atoms with Gasteiger partial charge in [-0.05, 0) is 128 Å². The smallest absolute Gasteiger partial charge is 0.159 e. The molecule has 0 fully saturated rings. The first kappa shape index (κ1) is 41.6. The molecule has 344 valence electrons. The van der Waals surface area contributed by atoms with Gasteiger partial charge in [0.25, 0.3) is 0 Å². The SMILES string of the molecule is [2H]c1c2c3c(cccc3c3cc(N(c4ccccc4-c4ccccc4)c4cccc5c4oc4ccccc45)ccc13)Sc1cc(N(c3ccccc3)c3c(F)cc(-c4ccccc4)cc3-c3ccccc3)ccc1-2. The minimum Gasteiger partial charge on any atom is -0.454 e. The van der Waals surface area contributed by atoms with E-state index < -0.39 is 0 Å². The molecule has 0 spiro atoms. The number of fused-ring (bicyclic) bond motifs is 7. The Morgan fingerprint density at radius 3 is 1.79 bits per heavy atom. The number of para-hydroxylation sites is 4. The summed E-state index contributed by atoms with van der Waals surface area (Å²) in [5.41, 5.74) is 14.1. The van der Waals surface area contributed by atoms with Gasteiger partial charge in [-0.2, -0.15) is 0 Å². The number of rotatable bonds is 9. The van der Waals surface area contributed by atoms with Crippen LogP contribution in [0.15, 0.2) is 275 Å². The molecule has 0 atom stereocenters. The van der Waals surface area contributed by atoms with Gasteiger partial charge in [-0.1, -0.05) is 194 Å². The summed E-state index contributed by atoms with van der Waals surface area (Å²) in [6.45, 7) is 0. The lowest BCUT2D eigenvalue weighted by Crippen LogP contribution is -2.13. The van der Waals surface area contributed by atoms with Crippen molar-refractivity contribution < 1.29 is 10.2 Å². The lowest BCUT2D eigenvalue weighted by molar-refractivity contribution is 0.629. The first-order valence-electron chi connectivity index (χ1n) is 25.0. The largest absolute Gasteiger partial charge is 0.454 e. The fourth-order valence-corrected chi connectivity index (χ4v) is 12.0. The Morgan fingerprint density at radius 1 is 0.384 bits per heavy atom. The van der Waals surface area contributed by atoms with E-state index in [1.807, 2.05) is 114 Å². The molecule has 1 aromatic heterocycles. The Bertz CT molecular complexity index is 4320. The van der Waals surface area contributed by atoms with Crippen LogP contribution in [0.3, 0.4) is 0 Å². The Balaban J connectivity index is 0.946. The van der Waals surface area contributed by atoms with Crippen LogP contribution in [0.2, 0.25) is 0 Å². The minimum absolute atomic E-state index is 0.328. The van der Waals surface area contributed by atoms with Crippen molar-refractivity contribution in [1.82, 2.24) is 0 Å². The number of nitrogens with zero attached hydrogens (tertiary/aromatic N) is 2. The van der Waals surface area contributed by atoms with Gasteiger partial charge in [0.15, 0.2) is 5.58 Å². The summed E-state index contributed by atoms with van der Waals surface area (Å²) in [6.07, 6.45) is 0. The van der Waals surface area contributed by atoms with Gasteiger partial charge in [0, 0.05) is 54.1 Å². The van der Waals surface area contributed by atoms with Crippen molar-refractivity contribution in [2.75, 3.05) is 9.80 Å². The highest BCUT2D eigenvalue weighted by Crippen LogP contribution is 2.54. The second-order valence-corrected chi connectivity index (χ2v) is 19.5. The number of anilines is 6. The maximum atomic E-state index is 17.4. The zero-order valence-corrected chi connectivity index (χ0v) is 40.2. The van der Waals surface area contributed by atoms with Crippen molar-refractivity contribution in [2.45, 2.75) is 9.79 Å². The lowest BCUT2D eigenvalue weighted by atomic mass is 9.92. The molecule has 0 N–H and O–H groups in total. The highest BCUT2D eigenvalue weighted by atomic mass is 32.2. The van der Waals surface area contributed by atoms with Crippen molar-refractivity contribution in [3.63, 3.8) is 0 Å². The molecular weight excluding hydrogens is 912 g/mol. The van der Waals surface area contributed by atoms with Gasteiger partial charge in [-0.15, -0.1) is 0 Å². The Kier molecular flexibility index (Phi) is 10.0. The number of benzene rings is 12. The van der Waals surface area contributed by atoms with Crippen LogP contribution in [0.25, 0.3) is 88.0 Å². The molecule has 0 saturated heterocycles. The average molecular weight is 956 g/mol. The molecule has 0 unspecified atom stereocenters. The van der Waals surface area contributed by atoms with E-state index in [9.17, 15) is 1.37 Å². The third-order valence-corrected chi connectivity index (χ3v) is 15.3. The van der Waals surface area contributed by atoms with Crippen LogP contribution in [-0.4, -0.2) is 0 Å². The molecule has 0 saturated carbocycles. The molecule has 73 heavy (non-hydrogen) atoms. The number of hydrogen-bond donors (Lipinski definition) is 0. The maximum absolute atomic E-state index is 17.4. The fourth-order valence-electron chi connectivity index (χ4n) is 10.9. The molecule has 12 aromatic carbocycles. The third-order valence-electron chi connectivity index (χ3n) is 14.1. The van der Waals surface area contributed by atoms with Crippen molar-refractivity contribution >= 4 is 89.4 Å². The molecule has 1 aliphatic heterocycles. The van der Waals surface area contributed by atoms with Crippen LogP contribution in [0.4, 0.5) is 38.5 Å². The molecular formula is C68H43FN2OS. The first-order valence-corrected chi connectivity index (χ1v) is 25.3. The highest BCUT2D eigenvalue weighted by molar-refractivity contribution is 7.99. The van der Waals surface area contributed by atoms with E-state index in [1.54, 1.807) is 17.8 Å². The van der Waals surface area contributed by atoms with Gasteiger partial charge in [-0.3, -0.25) is 0 Å². The zero-order valence-electron chi connectivity index (χ0n) is 40.3. The van der Waals surface area contributed by atoms with Crippen LogP contribution >= 0.6 is 11.8 Å². The van der Waals surface area contributed by atoms with E-state index in [-0.39, 0.29) is 5.82 Å². The Morgan fingerprint density at radius 2 is 1.00 bits per heavy atom. The second kappa shape index (κ2) is 17.6. The minimum atomic E-state index is -0.328. The summed E-state index contributed by atoms with van der Waals surface area (Å²) in [5, 5.41) is 6.09. The highest BCUT2D eigenvalue weighted by Gasteiger charge is 2.28. The van der Waals surface area contributed by atoms with Crippen LogP contribution in [0.5, 0.6) is 0 Å². The number of halogens is 1. The van der Waals surface area contributed by atoms with E-state index in [4.69, 9.17) is 4.42 Å². The monoisotopic (exact) mass is 955 g/mol. The average Bonchev–Trinajstić information content (AvgIpc) is 3.90. The molecule has 0 radical (unpaired) electrons. The van der Waals surface area contributed by atoms with Crippen molar-refractivity contribution in [2.24, 2.45) is 0 Å². The Labute approximate surface area is 428 Å². The van der Waals surface area contributed by atoms with Crippen molar-refractivity contribution in [3.8, 4) is 44.5 Å². The third kappa shape index (κ3) is 7.27. The van der Waals surface area contributed by atoms with E-state index in [0.717, 1.165) is 126 Å². The topological polar surface area (TPSA) is 19.6 Å². The zero-order chi connectivity index (χ0) is 49.3. The number of hydrogen-bond acceptors (Lipinski definition) is 4. The predicted octanol–water partition coefficient (Wildman–Crippen LogP) is 20.1. The fraction of sp³-hybridized carbons (Fsp3) is 0. The van der Waals surface area contributed by atoms with E-state index in [2.05, 4.69) is 144 Å². The summed E-state index contributed by atoms with van der Waals surface area (Å²) < 4.78 is 34.3. The molecule has 1 aliphatic rings. The van der Waals surface area contributed by atoms with Gasteiger partial charge in [0.05, 0.1) is 18.4 Å². The van der Waals surface area contributed by atoms with E-state index >= 15 is 4.39 Å². The summed E-state index contributed by atoms with van der Waals surface area (Å²) in [5.74, 6) is -0.328. The van der Waals surface area contributed by atoms with Gasteiger partial charge < -0.3 is 14.2 Å². The van der Waals surface area contributed by atoms with E-state index in [1.165, 1.54) is 0 Å². The summed E-state index contributed by atoms with van der Waals surface area (Å²) in [4.78, 5) is 6.42. The quantitative estimate of drug-likeness (QED) is 0.134.